The lowest BCUT2D eigenvalue weighted by atomic mass is 10.1. The van der Waals surface area contributed by atoms with Crippen molar-refractivity contribution >= 4 is 49.0 Å². The van der Waals surface area contributed by atoms with Crippen molar-refractivity contribution in [1.29, 1.82) is 0 Å². The van der Waals surface area contributed by atoms with Gasteiger partial charge in [-0.25, -0.2) is 4.98 Å². The molecular weight excluding hydrogens is 448 g/mol. The number of imidazole rings is 1. The van der Waals surface area contributed by atoms with E-state index in [2.05, 4.69) is 47.1 Å². The van der Waals surface area contributed by atoms with Gasteiger partial charge < -0.3 is 10.4 Å². The number of nitrogens with one attached hydrogen (secondary N) is 1. The fourth-order valence-electron chi connectivity index (χ4n) is 2.58. The van der Waals surface area contributed by atoms with Gasteiger partial charge in [0, 0.05) is 32.6 Å². The van der Waals surface area contributed by atoms with Gasteiger partial charge in [0.25, 0.3) is 0 Å². The van der Waals surface area contributed by atoms with Crippen LogP contribution in [-0.4, -0.2) is 19.5 Å². The summed E-state index contributed by atoms with van der Waals surface area (Å²) in [5.74, 6) is 0.923. The molecule has 4 aromatic rings. The summed E-state index contributed by atoms with van der Waals surface area (Å²) < 4.78 is 3.78. The van der Waals surface area contributed by atoms with Crippen LogP contribution in [0.4, 0.5) is 11.5 Å². The zero-order chi connectivity index (χ0) is 17.4. The van der Waals surface area contributed by atoms with Gasteiger partial charge in [-0.2, -0.15) is 0 Å². The van der Waals surface area contributed by atoms with Crippen LogP contribution in [0.3, 0.4) is 0 Å². The Morgan fingerprint density at radius 2 is 1.76 bits per heavy atom. The van der Waals surface area contributed by atoms with Gasteiger partial charge in [-0.05, 0) is 42.5 Å². The van der Waals surface area contributed by atoms with Crippen LogP contribution in [0.2, 0.25) is 0 Å². The lowest BCUT2D eigenvalue weighted by Gasteiger charge is -2.10. The van der Waals surface area contributed by atoms with Gasteiger partial charge in [-0.3, -0.25) is 9.38 Å². The topological polar surface area (TPSA) is 62.5 Å². The van der Waals surface area contributed by atoms with Crippen LogP contribution < -0.4 is 5.32 Å². The maximum atomic E-state index is 10.3. The molecule has 2 N–H and O–H groups in total. The lowest BCUT2D eigenvalue weighted by Crippen LogP contribution is -1.97. The molecule has 0 aliphatic carbocycles. The van der Waals surface area contributed by atoms with Crippen LogP contribution >= 0.6 is 31.9 Å². The summed E-state index contributed by atoms with van der Waals surface area (Å²) in [5.41, 5.74) is 2.89. The predicted octanol–water partition coefficient (Wildman–Crippen LogP) is 5.37. The third-order valence-electron chi connectivity index (χ3n) is 3.75. The van der Waals surface area contributed by atoms with Crippen LogP contribution in [-0.2, 0) is 0 Å². The maximum Gasteiger partial charge on any atom is 0.157 e. The molecule has 5 nitrogen and oxygen atoms in total. The third kappa shape index (κ3) is 3.12. The fourth-order valence-corrected chi connectivity index (χ4v) is 3.21. The molecule has 0 fully saturated rings. The Morgan fingerprint density at radius 1 is 1.00 bits per heavy atom. The minimum atomic E-state index is 0.165. The molecule has 2 aromatic heterocycles. The number of phenolic OH excluding ortho intramolecular Hbond substituents is 1. The number of halogens is 2. The first-order chi connectivity index (χ1) is 12.1. The van der Waals surface area contributed by atoms with Crippen LogP contribution in [0.5, 0.6) is 5.75 Å². The van der Waals surface area contributed by atoms with E-state index in [0.29, 0.717) is 16.9 Å². The van der Waals surface area contributed by atoms with E-state index >= 15 is 0 Å². The van der Waals surface area contributed by atoms with E-state index < -0.39 is 0 Å². The van der Waals surface area contributed by atoms with Gasteiger partial charge in [0.05, 0.1) is 6.20 Å². The van der Waals surface area contributed by atoms with E-state index in [-0.39, 0.29) is 5.75 Å². The first-order valence-electron chi connectivity index (χ1n) is 7.45. The van der Waals surface area contributed by atoms with Gasteiger partial charge in [-0.1, -0.05) is 31.9 Å². The molecular formula is C18H12Br2N4O. The second-order valence-electron chi connectivity index (χ2n) is 5.41. The maximum absolute atomic E-state index is 10.3. The Kier molecular flexibility index (Phi) is 4.19. The number of hydrogen-bond donors (Lipinski definition) is 2. The number of rotatable bonds is 3. The number of anilines is 2. The van der Waals surface area contributed by atoms with E-state index in [1.807, 2.05) is 40.9 Å². The average molecular weight is 460 g/mol. The summed E-state index contributed by atoms with van der Waals surface area (Å²) in [7, 11) is 0. The standard InChI is InChI=1S/C18H12Br2N4O/c19-11-1-4-13(5-2-11)22-18-17(14-9-12(20)3-6-15(14)25)23-16-10-21-7-8-24(16)18/h1-10,22,25H. The normalized spacial score (nSPS) is 11.0. The molecule has 124 valence electrons. The summed E-state index contributed by atoms with van der Waals surface area (Å²) in [6.45, 7) is 0. The number of fused-ring (bicyclic) bond motifs is 1. The highest BCUT2D eigenvalue weighted by atomic mass is 79.9. The van der Waals surface area contributed by atoms with Crippen molar-refractivity contribution in [2.24, 2.45) is 0 Å². The van der Waals surface area contributed by atoms with Gasteiger partial charge in [0.1, 0.15) is 17.3 Å². The molecule has 0 saturated carbocycles. The number of hydrogen-bond acceptors (Lipinski definition) is 4. The highest BCUT2D eigenvalue weighted by molar-refractivity contribution is 9.10. The van der Waals surface area contributed by atoms with Gasteiger partial charge in [-0.15, -0.1) is 0 Å². The molecule has 0 unspecified atom stereocenters. The zero-order valence-corrected chi connectivity index (χ0v) is 16.0. The molecule has 0 bridgehead atoms. The molecule has 0 amide bonds. The molecule has 25 heavy (non-hydrogen) atoms. The number of aromatic nitrogens is 3. The van der Waals surface area contributed by atoms with Crippen LogP contribution in [0.25, 0.3) is 16.9 Å². The van der Waals surface area contributed by atoms with Crippen molar-refractivity contribution < 1.29 is 5.11 Å². The largest absolute Gasteiger partial charge is 0.507 e. The number of benzene rings is 2. The molecule has 0 atom stereocenters. The molecule has 0 saturated heterocycles. The summed E-state index contributed by atoms with van der Waals surface area (Å²) in [5, 5.41) is 13.7. The summed E-state index contributed by atoms with van der Waals surface area (Å²) in [6, 6.07) is 13.1. The fraction of sp³-hybridized carbons (Fsp3) is 0. The Labute approximate surface area is 160 Å². The summed E-state index contributed by atoms with van der Waals surface area (Å²) in [6.07, 6.45) is 5.22. The number of phenols is 1. The highest BCUT2D eigenvalue weighted by Crippen LogP contribution is 2.37. The Bertz CT molecular complexity index is 1060. The molecule has 4 rings (SSSR count). The molecule has 2 heterocycles. The van der Waals surface area contributed by atoms with E-state index in [0.717, 1.165) is 20.5 Å². The minimum absolute atomic E-state index is 0.165. The van der Waals surface area contributed by atoms with Crippen molar-refractivity contribution in [3.8, 4) is 17.0 Å². The van der Waals surface area contributed by atoms with Crippen molar-refractivity contribution in [2.45, 2.75) is 0 Å². The SMILES string of the molecule is Oc1ccc(Br)cc1-c1nc2cnccn2c1Nc1ccc(Br)cc1. The first kappa shape index (κ1) is 16.1. The molecule has 7 heteroatoms. The van der Waals surface area contributed by atoms with E-state index in [9.17, 15) is 5.11 Å². The van der Waals surface area contributed by atoms with Crippen LogP contribution in [0.15, 0.2) is 70.0 Å². The van der Waals surface area contributed by atoms with Crippen molar-refractivity contribution in [3.05, 3.63) is 70.0 Å². The van der Waals surface area contributed by atoms with E-state index in [4.69, 9.17) is 0 Å². The molecule has 2 aromatic carbocycles. The molecule has 0 aliphatic heterocycles. The van der Waals surface area contributed by atoms with Gasteiger partial charge >= 0.3 is 0 Å². The Hall–Kier alpha value is -2.38. The third-order valence-corrected chi connectivity index (χ3v) is 4.77. The number of nitrogens with zero attached hydrogens (tertiary/aromatic N) is 3. The smallest absolute Gasteiger partial charge is 0.157 e. The lowest BCUT2D eigenvalue weighted by molar-refractivity contribution is 0.477. The highest BCUT2D eigenvalue weighted by Gasteiger charge is 2.17. The zero-order valence-electron chi connectivity index (χ0n) is 12.8. The predicted molar refractivity (Wildman–Crippen MR) is 105 cm³/mol. The molecule has 0 radical (unpaired) electrons. The van der Waals surface area contributed by atoms with Crippen LogP contribution in [0.1, 0.15) is 0 Å². The van der Waals surface area contributed by atoms with Gasteiger partial charge in [0.15, 0.2) is 5.65 Å². The summed E-state index contributed by atoms with van der Waals surface area (Å²) >= 11 is 6.89. The van der Waals surface area contributed by atoms with Crippen molar-refractivity contribution in [3.63, 3.8) is 0 Å². The Morgan fingerprint density at radius 3 is 2.56 bits per heavy atom. The van der Waals surface area contributed by atoms with Crippen molar-refractivity contribution in [2.75, 3.05) is 5.32 Å². The quantitative estimate of drug-likeness (QED) is 0.432. The van der Waals surface area contributed by atoms with Gasteiger partial charge in [0.2, 0.25) is 0 Å². The first-order valence-corrected chi connectivity index (χ1v) is 9.04. The van der Waals surface area contributed by atoms with Crippen LogP contribution in [0, 0.1) is 0 Å². The average Bonchev–Trinajstić information content (AvgIpc) is 2.97. The van der Waals surface area contributed by atoms with E-state index in [1.54, 1.807) is 24.5 Å². The second-order valence-corrected chi connectivity index (χ2v) is 7.24. The van der Waals surface area contributed by atoms with Crippen molar-refractivity contribution in [1.82, 2.24) is 14.4 Å². The van der Waals surface area contributed by atoms with E-state index in [1.165, 1.54) is 0 Å². The second kappa shape index (κ2) is 6.50. The minimum Gasteiger partial charge on any atom is -0.507 e. The molecule has 0 aliphatic rings. The summed E-state index contributed by atoms with van der Waals surface area (Å²) in [4.78, 5) is 8.78. The monoisotopic (exact) mass is 458 g/mol. The molecule has 0 spiro atoms. The number of aromatic hydroxyl groups is 1. The Balaban J connectivity index is 1.92.